The van der Waals surface area contributed by atoms with Gasteiger partial charge in [0.15, 0.2) is 5.76 Å². The Hall–Kier alpha value is -3.72. The average molecular weight is 452 g/mol. The van der Waals surface area contributed by atoms with Crippen LogP contribution in [0.4, 0.5) is 5.69 Å². The van der Waals surface area contributed by atoms with Gasteiger partial charge in [-0.25, -0.2) is 0 Å². The molecule has 1 N–H and O–H groups in total. The van der Waals surface area contributed by atoms with E-state index < -0.39 is 4.92 Å². The van der Waals surface area contributed by atoms with Crippen LogP contribution < -0.4 is 4.74 Å². The molecule has 0 amide bonds. The minimum atomic E-state index is -0.491. The zero-order valence-electron chi connectivity index (χ0n) is 18.2. The smallest absolute Gasteiger partial charge is 0.309 e. The van der Waals surface area contributed by atoms with Gasteiger partial charge in [0.2, 0.25) is 5.78 Å². The molecule has 0 atom stereocenters. The third-order valence-corrected chi connectivity index (χ3v) is 5.91. The number of ketones is 1. The fourth-order valence-corrected chi connectivity index (χ4v) is 4.10. The van der Waals surface area contributed by atoms with Gasteiger partial charge >= 0.3 is 5.97 Å². The van der Waals surface area contributed by atoms with Gasteiger partial charge in [0, 0.05) is 18.7 Å². The van der Waals surface area contributed by atoms with E-state index in [1.54, 1.807) is 6.92 Å². The van der Waals surface area contributed by atoms with E-state index in [1.165, 1.54) is 42.5 Å². The normalized spacial score (nSPS) is 17.6. The van der Waals surface area contributed by atoms with Gasteiger partial charge in [-0.05, 0) is 68.8 Å². The molecule has 0 radical (unpaired) electrons. The topological polar surface area (TPSA) is 119 Å². The Kier molecular flexibility index (Phi) is 6.41. The molecule has 33 heavy (non-hydrogen) atoms. The van der Waals surface area contributed by atoms with E-state index in [-0.39, 0.29) is 34.9 Å². The van der Waals surface area contributed by atoms with Crippen LogP contribution in [-0.2, 0) is 16.1 Å². The molecule has 0 aromatic heterocycles. The summed E-state index contributed by atoms with van der Waals surface area (Å²) in [5.41, 5.74) is 1.42. The highest BCUT2D eigenvalue weighted by Gasteiger charge is 2.33. The van der Waals surface area contributed by atoms with Crippen molar-refractivity contribution in [1.29, 1.82) is 0 Å². The molecule has 0 spiro atoms. The lowest BCUT2D eigenvalue weighted by Crippen LogP contribution is -2.36. The molecule has 2 aromatic rings. The highest BCUT2D eigenvalue weighted by atomic mass is 16.6. The summed E-state index contributed by atoms with van der Waals surface area (Å²) < 4.78 is 11.0. The van der Waals surface area contributed by atoms with Crippen molar-refractivity contribution in [2.45, 2.75) is 26.3 Å². The van der Waals surface area contributed by atoms with Crippen molar-refractivity contribution in [2.24, 2.45) is 5.92 Å². The van der Waals surface area contributed by atoms with E-state index in [0.29, 0.717) is 61.5 Å². The number of likely N-dealkylation sites (tertiary alicyclic amines) is 1. The second kappa shape index (κ2) is 9.41. The molecule has 0 saturated carbocycles. The largest absolute Gasteiger partial charge is 0.507 e. The molecule has 0 bridgehead atoms. The maximum absolute atomic E-state index is 12.9. The number of phenols is 1. The van der Waals surface area contributed by atoms with E-state index in [4.69, 9.17) is 9.47 Å². The maximum atomic E-state index is 12.9. The summed E-state index contributed by atoms with van der Waals surface area (Å²) in [6.07, 6.45) is 2.86. The third-order valence-electron chi connectivity index (χ3n) is 5.91. The summed E-state index contributed by atoms with van der Waals surface area (Å²) >= 11 is 0. The van der Waals surface area contributed by atoms with Crippen molar-refractivity contribution >= 4 is 23.5 Å². The Morgan fingerprint density at radius 1 is 1.24 bits per heavy atom. The highest BCUT2D eigenvalue weighted by molar-refractivity contribution is 6.15. The predicted octanol–water partition coefficient (Wildman–Crippen LogP) is 3.69. The Bertz CT molecular complexity index is 1120. The molecule has 2 aromatic carbocycles. The highest BCUT2D eigenvalue weighted by Crippen LogP contribution is 2.40. The zero-order chi connectivity index (χ0) is 23.5. The van der Waals surface area contributed by atoms with Crippen LogP contribution in [0.5, 0.6) is 11.5 Å². The number of aromatic hydroxyl groups is 1. The number of piperidine rings is 1. The van der Waals surface area contributed by atoms with E-state index in [0.717, 1.165) is 0 Å². The molecule has 4 rings (SSSR count). The Morgan fingerprint density at radius 2 is 1.94 bits per heavy atom. The van der Waals surface area contributed by atoms with Crippen molar-refractivity contribution in [3.8, 4) is 11.5 Å². The molecule has 9 nitrogen and oxygen atoms in total. The predicted molar refractivity (Wildman–Crippen MR) is 119 cm³/mol. The maximum Gasteiger partial charge on any atom is 0.309 e. The lowest BCUT2D eigenvalue weighted by atomic mass is 9.96. The van der Waals surface area contributed by atoms with Gasteiger partial charge in [0.25, 0.3) is 5.69 Å². The fraction of sp³-hybridized carbons (Fsp3) is 0.333. The fourth-order valence-electron chi connectivity index (χ4n) is 4.10. The van der Waals surface area contributed by atoms with Crippen LogP contribution in [0.15, 0.2) is 42.2 Å². The number of fused-ring (bicyclic) bond motifs is 1. The van der Waals surface area contributed by atoms with E-state index in [9.17, 15) is 24.8 Å². The summed E-state index contributed by atoms with van der Waals surface area (Å²) in [5, 5.41) is 21.3. The average Bonchev–Trinajstić information content (AvgIpc) is 3.12. The summed E-state index contributed by atoms with van der Waals surface area (Å²) in [5.74, 6) is -0.162. The first-order chi connectivity index (χ1) is 15.9. The van der Waals surface area contributed by atoms with E-state index >= 15 is 0 Å². The van der Waals surface area contributed by atoms with Gasteiger partial charge in [0.05, 0.1) is 28.6 Å². The van der Waals surface area contributed by atoms with Crippen LogP contribution in [0.25, 0.3) is 6.08 Å². The SMILES string of the molecule is CCOC(=O)C1CCN(Cc2c(O)ccc3c2O/C(=C/c2ccc([N+](=O)[O-])cc2)C3=O)CC1. The number of hydrogen-bond acceptors (Lipinski definition) is 8. The number of non-ortho nitro benzene ring substituents is 1. The molecule has 9 heteroatoms. The molecule has 2 aliphatic rings. The number of nitro groups is 1. The molecule has 172 valence electrons. The van der Waals surface area contributed by atoms with Gasteiger partial charge in [0.1, 0.15) is 11.5 Å². The van der Waals surface area contributed by atoms with Crippen molar-refractivity contribution in [3.05, 3.63) is 69.0 Å². The Labute approximate surface area is 190 Å². The molecular weight excluding hydrogens is 428 g/mol. The Balaban J connectivity index is 1.50. The summed E-state index contributed by atoms with van der Waals surface area (Å²) in [7, 11) is 0. The first-order valence-corrected chi connectivity index (χ1v) is 10.8. The Morgan fingerprint density at radius 3 is 2.58 bits per heavy atom. The van der Waals surface area contributed by atoms with Gasteiger partial charge in [-0.3, -0.25) is 24.6 Å². The van der Waals surface area contributed by atoms with E-state index in [1.807, 2.05) is 0 Å². The van der Waals surface area contributed by atoms with Gasteiger partial charge in [-0.15, -0.1) is 0 Å². The third kappa shape index (κ3) is 4.73. The number of nitro benzene ring substituents is 1. The number of benzene rings is 2. The number of ether oxygens (including phenoxy) is 2. The van der Waals surface area contributed by atoms with Crippen molar-refractivity contribution in [1.82, 2.24) is 4.90 Å². The van der Waals surface area contributed by atoms with Crippen LogP contribution in [0.3, 0.4) is 0 Å². The molecular formula is C24H24N2O7. The van der Waals surface area contributed by atoms with Gasteiger partial charge in [-0.1, -0.05) is 0 Å². The number of allylic oxidation sites excluding steroid dienone is 1. The standard InChI is InChI=1S/C24H24N2O7/c1-2-32-24(29)16-9-11-25(12-10-16)14-19-20(27)8-7-18-22(28)21(33-23(18)19)13-15-3-5-17(6-4-15)26(30)31/h3-8,13,16,27H,2,9-12,14H2,1H3/b21-13+. The van der Waals surface area contributed by atoms with E-state index in [2.05, 4.69) is 4.90 Å². The lowest BCUT2D eigenvalue weighted by molar-refractivity contribution is -0.384. The monoisotopic (exact) mass is 452 g/mol. The zero-order valence-corrected chi connectivity index (χ0v) is 18.2. The number of phenolic OH excluding ortho intramolecular Hbond substituents is 1. The second-order valence-corrected chi connectivity index (χ2v) is 8.03. The van der Waals surface area contributed by atoms with Crippen LogP contribution in [0.2, 0.25) is 0 Å². The number of carbonyl (C=O) groups excluding carboxylic acids is 2. The van der Waals surface area contributed by atoms with Crippen LogP contribution in [-0.4, -0.2) is 46.4 Å². The van der Waals surface area contributed by atoms with Crippen molar-refractivity contribution < 1.29 is 29.1 Å². The molecule has 2 aliphatic heterocycles. The summed E-state index contributed by atoms with van der Waals surface area (Å²) in [6.45, 7) is 3.85. The number of Topliss-reactive ketones (excluding diaryl/α,β-unsaturated/α-hetero) is 1. The summed E-state index contributed by atoms with van der Waals surface area (Å²) in [6, 6.07) is 8.80. The van der Waals surface area contributed by atoms with Gasteiger partial charge in [-0.2, -0.15) is 0 Å². The number of carbonyl (C=O) groups is 2. The first-order valence-electron chi connectivity index (χ1n) is 10.8. The van der Waals surface area contributed by atoms with Crippen LogP contribution in [0.1, 0.15) is 41.3 Å². The number of rotatable bonds is 6. The van der Waals surface area contributed by atoms with Crippen LogP contribution in [0, 0.1) is 16.0 Å². The quantitative estimate of drug-likeness (QED) is 0.305. The van der Waals surface area contributed by atoms with Crippen molar-refractivity contribution in [2.75, 3.05) is 19.7 Å². The van der Waals surface area contributed by atoms with Crippen LogP contribution >= 0.6 is 0 Å². The molecule has 0 aliphatic carbocycles. The minimum absolute atomic E-state index is 0.0330. The molecule has 2 heterocycles. The number of nitrogens with zero attached hydrogens (tertiary/aromatic N) is 2. The minimum Gasteiger partial charge on any atom is -0.507 e. The van der Waals surface area contributed by atoms with Crippen molar-refractivity contribution in [3.63, 3.8) is 0 Å². The number of hydrogen-bond donors (Lipinski definition) is 1. The molecule has 0 unspecified atom stereocenters. The lowest BCUT2D eigenvalue weighted by Gasteiger charge is -2.31. The number of esters is 1. The second-order valence-electron chi connectivity index (χ2n) is 8.03. The summed E-state index contributed by atoms with van der Waals surface area (Å²) in [4.78, 5) is 37.3. The molecule has 1 fully saturated rings. The first kappa shape index (κ1) is 22.5. The molecule has 1 saturated heterocycles. The van der Waals surface area contributed by atoms with Gasteiger partial charge < -0.3 is 14.6 Å².